The first-order valence-electron chi connectivity index (χ1n) is 9.56. The number of benzene rings is 3. The fraction of sp³-hybridized carbons (Fsp3) is 0.250. The predicted molar refractivity (Wildman–Crippen MR) is 107 cm³/mol. The van der Waals surface area contributed by atoms with E-state index < -0.39 is 17.5 Å². The third-order valence-corrected chi connectivity index (χ3v) is 4.63. The van der Waals surface area contributed by atoms with E-state index in [1.807, 2.05) is 12.1 Å². The zero-order chi connectivity index (χ0) is 19.9. The maximum absolute atomic E-state index is 14.3. The van der Waals surface area contributed by atoms with Crippen molar-refractivity contribution in [2.24, 2.45) is 0 Å². The Morgan fingerprint density at radius 2 is 1.36 bits per heavy atom. The number of hydrogen-bond acceptors (Lipinski definition) is 1. The van der Waals surface area contributed by atoms with Gasteiger partial charge in [-0.25, -0.2) is 13.2 Å². The van der Waals surface area contributed by atoms with Gasteiger partial charge in [0.25, 0.3) is 0 Å². The summed E-state index contributed by atoms with van der Waals surface area (Å²) in [5, 5.41) is 0. The molecule has 0 heterocycles. The van der Waals surface area contributed by atoms with Crippen LogP contribution in [0.15, 0.2) is 60.7 Å². The van der Waals surface area contributed by atoms with Crippen molar-refractivity contribution in [1.82, 2.24) is 0 Å². The highest BCUT2D eigenvalue weighted by Crippen LogP contribution is 2.35. The number of ether oxygens (including phenoxy) is 1. The van der Waals surface area contributed by atoms with Crippen LogP contribution in [0.4, 0.5) is 13.2 Å². The average molecular weight is 384 g/mol. The fourth-order valence-corrected chi connectivity index (χ4v) is 3.14. The van der Waals surface area contributed by atoms with Crippen molar-refractivity contribution in [3.05, 3.63) is 78.1 Å². The quantitative estimate of drug-likeness (QED) is 0.368. The number of rotatable bonds is 8. The van der Waals surface area contributed by atoms with E-state index in [1.54, 1.807) is 12.1 Å². The fourth-order valence-electron chi connectivity index (χ4n) is 3.14. The van der Waals surface area contributed by atoms with Crippen LogP contribution in [0.1, 0.15) is 32.6 Å². The summed E-state index contributed by atoms with van der Waals surface area (Å²) in [5.74, 6) is -0.804. The molecule has 0 saturated heterocycles. The van der Waals surface area contributed by atoms with Crippen molar-refractivity contribution in [2.75, 3.05) is 6.61 Å². The monoisotopic (exact) mass is 384 g/mol. The minimum absolute atomic E-state index is 0.103. The molecule has 0 radical (unpaired) electrons. The van der Waals surface area contributed by atoms with Gasteiger partial charge in [-0.2, -0.15) is 0 Å². The van der Waals surface area contributed by atoms with E-state index in [9.17, 15) is 13.2 Å². The Labute approximate surface area is 163 Å². The van der Waals surface area contributed by atoms with Gasteiger partial charge in [-0.1, -0.05) is 44.4 Å². The summed E-state index contributed by atoms with van der Waals surface area (Å²) in [4.78, 5) is 0. The second-order valence-corrected chi connectivity index (χ2v) is 6.75. The first kappa shape index (κ1) is 20.0. The highest BCUT2D eigenvalue weighted by atomic mass is 19.1. The second-order valence-electron chi connectivity index (χ2n) is 6.75. The number of halogens is 3. The predicted octanol–water partition coefficient (Wildman–Crippen LogP) is 7.40. The highest BCUT2D eigenvalue weighted by Gasteiger charge is 2.14. The molecule has 0 amide bonds. The van der Waals surface area contributed by atoms with E-state index in [-0.39, 0.29) is 5.56 Å². The topological polar surface area (TPSA) is 9.23 Å². The molecule has 0 aliphatic heterocycles. The first-order valence-corrected chi connectivity index (χ1v) is 9.56. The van der Waals surface area contributed by atoms with Gasteiger partial charge < -0.3 is 4.74 Å². The molecule has 0 aromatic heterocycles. The Balaban J connectivity index is 1.85. The molecule has 0 fully saturated rings. The smallest absolute Gasteiger partial charge is 0.131 e. The molecule has 0 aliphatic carbocycles. The third kappa shape index (κ3) is 4.94. The minimum atomic E-state index is -0.554. The minimum Gasteiger partial charge on any atom is -0.494 e. The standard InChI is InChI=1S/C24H23F3O/c1-2-3-4-5-14-28-20-10-6-17(7-11-20)22-15-18(25)8-12-21(22)23-16-19(26)9-13-24(23)27/h6-13,15-16H,2-5,14H2,1H3. The van der Waals surface area contributed by atoms with E-state index in [1.165, 1.54) is 31.0 Å². The summed E-state index contributed by atoms with van der Waals surface area (Å²) in [6.45, 7) is 2.81. The molecule has 0 aliphatic rings. The lowest BCUT2D eigenvalue weighted by molar-refractivity contribution is 0.305. The van der Waals surface area contributed by atoms with Gasteiger partial charge in [0.05, 0.1) is 6.61 Å². The van der Waals surface area contributed by atoms with Gasteiger partial charge in [0, 0.05) is 5.56 Å². The van der Waals surface area contributed by atoms with Crippen molar-refractivity contribution < 1.29 is 17.9 Å². The molecule has 3 rings (SSSR count). The zero-order valence-corrected chi connectivity index (χ0v) is 15.9. The van der Waals surface area contributed by atoms with Gasteiger partial charge in [-0.15, -0.1) is 0 Å². The van der Waals surface area contributed by atoms with Crippen LogP contribution in [0.2, 0.25) is 0 Å². The number of hydrogen-bond donors (Lipinski definition) is 0. The molecule has 0 spiro atoms. The van der Waals surface area contributed by atoms with Crippen molar-refractivity contribution in [3.8, 4) is 28.0 Å². The summed E-state index contributed by atoms with van der Waals surface area (Å²) in [6.07, 6.45) is 4.51. The Bertz CT molecular complexity index is 920. The lowest BCUT2D eigenvalue weighted by Crippen LogP contribution is -1.97. The molecule has 1 nitrogen and oxygen atoms in total. The SMILES string of the molecule is CCCCCCOc1ccc(-c2cc(F)ccc2-c2cc(F)ccc2F)cc1. The molecular weight excluding hydrogens is 361 g/mol. The normalized spacial score (nSPS) is 10.9. The summed E-state index contributed by atoms with van der Waals surface area (Å²) in [5.41, 5.74) is 1.74. The molecular formula is C24H23F3O. The summed E-state index contributed by atoms with van der Waals surface area (Å²) >= 11 is 0. The third-order valence-electron chi connectivity index (χ3n) is 4.63. The van der Waals surface area contributed by atoms with Crippen molar-refractivity contribution in [2.45, 2.75) is 32.6 Å². The van der Waals surface area contributed by atoms with Crippen molar-refractivity contribution >= 4 is 0 Å². The largest absolute Gasteiger partial charge is 0.494 e. The molecule has 3 aromatic rings. The lowest BCUT2D eigenvalue weighted by atomic mass is 9.94. The van der Waals surface area contributed by atoms with Gasteiger partial charge in [0.15, 0.2) is 0 Å². The Hall–Kier alpha value is -2.75. The average Bonchev–Trinajstić information content (AvgIpc) is 2.70. The first-order chi connectivity index (χ1) is 13.6. The molecule has 28 heavy (non-hydrogen) atoms. The maximum atomic E-state index is 14.3. The Morgan fingerprint density at radius 3 is 2.07 bits per heavy atom. The van der Waals surface area contributed by atoms with E-state index in [0.717, 1.165) is 36.8 Å². The summed E-state index contributed by atoms with van der Waals surface area (Å²) in [7, 11) is 0. The van der Waals surface area contributed by atoms with Crippen molar-refractivity contribution in [1.29, 1.82) is 0 Å². The van der Waals surface area contributed by atoms with Crippen LogP contribution < -0.4 is 4.74 Å². The molecule has 146 valence electrons. The molecule has 0 N–H and O–H groups in total. The molecule has 3 aromatic carbocycles. The van der Waals surface area contributed by atoms with Gasteiger partial charge in [-0.05, 0) is 65.6 Å². The second kappa shape index (κ2) is 9.45. The molecule has 0 atom stereocenters. The van der Waals surface area contributed by atoms with Crippen LogP contribution in [0.25, 0.3) is 22.3 Å². The van der Waals surface area contributed by atoms with Crippen LogP contribution >= 0.6 is 0 Å². The number of unbranched alkanes of at least 4 members (excludes halogenated alkanes) is 3. The highest BCUT2D eigenvalue weighted by molar-refractivity contribution is 5.83. The maximum Gasteiger partial charge on any atom is 0.131 e. The van der Waals surface area contributed by atoms with Crippen LogP contribution in [-0.4, -0.2) is 6.61 Å². The van der Waals surface area contributed by atoms with E-state index in [2.05, 4.69) is 6.92 Å². The zero-order valence-electron chi connectivity index (χ0n) is 15.9. The van der Waals surface area contributed by atoms with Crippen LogP contribution in [0.3, 0.4) is 0 Å². The summed E-state index contributed by atoms with van der Waals surface area (Å²) < 4.78 is 47.5. The van der Waals surface area contributed by atoms with E-state index in [4.69, 9.17) is 4.74 Å². The van der Waals surface area contributed by atoms with E-state index in [0.29, 0.717) is 23.3 Å². The van der Waals surface area contributed by atoms with E-state index >= 15 is 0 Å². The Kier molecular flexibility index (Phi) is 6.75. The van der Waals surface area contributed by atoms with Crippen molar-refractivity contribution in [3.63, 3.8) is 0 Å². The van der Waals surface area contributed by atoms with Crippen LogP contribution in [0.5, 0.6) is 5.75 Å². The van der Waals surface area contributed by atoms with Crippen LogP contribution in [-0.2, 0) is 0 Å². The molecule has 0 saturated carbocycles. The van der Waals surface area contributed by atoms with Gasteiger partial charge >= 0.3 is 0 Å². The van der Waals surface area contributed by atoms with Crippen LogP contribution in [0, 0.1) is 17.5 Å². The van der Waals surface area contributed by atoms with Gasteiger partial charge in [0.2, 0.25) is 0 Å². The van der Waals surface area contributed by atoms with Gasteiger partial charge in [-0.3, -0.25) is 0 Å². The molecule has 0 unspecified atom stereocenters. The lowest BCUT2D eigenvalue weighted by Gasteiger charge is -2.13. The van der Waals surface area contributed by atoms with Gasteiger partial charge in [0.1, 0.15) is 23.2 Å². The molecule has 4 heteroatoms. The Morgan fingerprint density at radius 1 is 0.679 bits per heavy atom. The molecule has 0 bridgehead atoms. The summed E-state index contributed by atoms with van der Waals surface area (Å²) in [6, 6.07) is 14.5.